The molecule has 3 rings (SSSR count). The van der Waals surface area contributed by atoms with Gasteiger partial charge in [-0.05, 0) is 47.5 Å². The van der Waals surface area contributed by atoms with Gasteiger partial charge in [0.05, 0.1) is 5.52 Å². The van der Waals surface area contributed by atoms with Gasteiger partial charge in [-0.25, -0.2) is 4.39 Å². The smallest absolute Gasteiger partial charge is 0.247 e. The van der Waals surface area contributed by atoms with E-state index in [0.29, 0.717) is 16.9 Å². The summed E-state index contributed by atoms with van der Waals surface area (Å²) in [6.07, 6.45) is 2.76. The van der Waals surface area contributed by atoms with Crippen molar-refractivity contribution in [3.8, 4) is 11.1 Å². The van der Waals surface area contributed by atoms with Gasteiger partial charge in [-0.1, -0.05) is 18.7 Å². The van der Waals surface area contributed by atoms with Crippen LogP contribution in [0.5, 0.6) is 0 Å². The third-order valence-corrected chi connectivity index (χ3v) is 3.46. The molecule has 2 aromatic carbocycles. The topological polar surface area (TPSA) is 68.0 Å². The number of benzene rings is 2. The van der Waals surface area contributed by atoms with E-state index in [1.807, 2.05) is 18.2 Å². The Balaban J connectivity index is 2.07. The normalized spacial score (nSPS) is 10.5. The summed E-state index contributed by atoms with van der Waals surface area (Å²) < 4.78 is 13.8. The molecule has 23 heavy (non-hydrogen) atoms. The number of hydrogen-bond acceptors (Lipinski definition) is 3. The number of nitrogens with one attached hydrogen (secondary N) is 1. The Morgan fingerprint density at radius 3 is 2.78 bits per heavy atom. The second-order valence-electron chi connectivity index (χ2n) is 5.05. The molecule has 4 nitrogen and oxygen atoms in total. The lowest BCUT2D eigenvalue weighted by Gasteiger charge is -2.08. The zero-order valence-corrected chi connectivity index (χ0v) is 12.2. The van der Waals surface area contributed by atoms with Crippen molar-refractivity contribution in [3.63, 3.8) is 0 Å². The molecule has 0 atom stereocenters. The number of nitrogen functional groups attached to an aromatic ring is 1. The van der Waals surface area contributed by atoms with Crippen molar-refractivity contribution in [2.75, 3.05) is 11.1 Å². The van der Waals surface area contributed by atoms with E-state index >= 15 is 0 Å². The molecular formula is C18H14FN3O. The second-order valence-corrected chi connectivity index (χ2v) is 5.05. The maximum atomic E-state index is 13.8. The van der Waals surface area contributed by atoms with Crippen molar-refractivity contribution in [1.29, 1.82) is 0 Å². The molecule has 0 spiro atoms. The van der Waals surface area contributed by atoms with Crippen molar-refractivity contribution < 1.29 is 9.18 Å². The third kappa shape index (κ3) is 3.03. The summed E-state index contributed by atoms with van der Waals surface area (Å²) in [5, 5.41) is 3.40. The highest BCUT2D eigenvalue weighted by molar-refractivity contribution is 5.99. The maximum Gasteiger partial charge on any atom is 0.247 e. The van der Waals surface area contributed by atoms with E-state index in [-0.39, 0.29) is 0 Å². The molecule has 0 fully saturated rings. The minimum absolute atomic E-state index is 0.366. The molecule has 114 valence electrons. The number of halogens is 1. The number of nitrogens with two attached hydrogens (primary N) is 1. The lowest BCUT2D eigenvalue weighted by Crippen LogP contribution is -2.07. The van der Waals surface area contributed by atoms with Gasteiger partial charge < -0.3 is 11.1 Å². The number of anilines is 2. The quantitative estimate of drug-likeness (QED) is 0.724. The van der Waals surface area contributed by atoms with Crippen LogP contribution >= 0.6 is 0 Å². The SMILES string of the molecule is C=CC(=O)Nc1cc(F)cc(-c2ccc3c(N)ccnc3c2)c1. The number of carbonyl (C=O) groups is 1. The van der Waals surface area contributed by atoms with Gasteiger partial charge in [0, 0.05) is 23.0 Å². The monoisotopic (exact) mass is 307 g/mol. The summed E-state index contributed by atoms with van der Waals surface area (Å²) in [5.74, 6) is -0.836. The molecular weight excluding hydrogens is 293 g/mol. The van der Waals surface area contributed by atoms with Crippen molar-refractivity contribution in [2.45, 2.75) is 0 Å². The van der Waals surface area contributed by atoms with Gasteiger partial charge in [-0.2, -0.15) is 0 Å². The maximum absolute atomic E-state index is 13.8. The summed E-state index contributed by atoms with van der Waals surface area (Å²) in [7, 11) is 0. The van der Waals surface area contributed by atoms with Crippen LogP contribution in [0.3, 0.4) is 0 Å². The predicted octanol–water partition coefficient (Wildman–Crippen LogP) is 3.75. The van der Waals surface area contributed by atoms with Crippen LogP contribution in [0, 0.1) is 5.82 Å². The Kier molecular flexibility index (Phi) is 3.76. The molecule has 3 N–H and O–H groups in total. The molecule has 0 aliphatic carbocycles. The zero-order chi connectivity index (χ0) is 16.4. The Morgan fingerprint density at radius 1 is 1.17 bits per heavy atom. The summed E-state index contributed by atoms with van der Waals surface area (Å²) in [4.78, 5) is 15.7. The molecule has 0 aliphatic rings. The van der Waals surface area contributed by atoms with Crippen LogP contribution in [0.15, 0.2) is 61.3 Å². The Morgan fingerprint density at radius 2 is 2.00 bits per heavy atom. The van der Waals surface area contributed by atoms with Crippen molar-refractivity contribution in [2.24, 2.45) is 0 Å². The highest BCUT2D eigenvalue weighted by Crippen LogP contribution is 2.28. The largest absolute Gasteiger partial charge is 0.398 e. The van der Waals surface area contributed by atoms with E-state index in [9.17, 15) is 9.18 Å². The van der Waals surface area contributed by atoms with E-state index in [1.54, 1.807) is 18.3 Å². The first-order valence-corrected chi connectivity index (χ1v) is 6.95. The summed E-state index contributed by atoms with van der Waals surface area (Å²) in [6.45, 7) is 3.38. The van der Waals surface area contributed by atoms with Crippen molar-refractivity contribution >= 4 is 28.2 Å². The fraction of sp³-hybridized carbons (Fsp3) is 0. The Hall–Kier alpha value is -3.21. The van der Waals surface area contributed by atoms with Crippen LogP contribution in [0.25, 0.3) is 22.0 Å². The number of carbonyl (C=O) groups excluding carboxylic acids is 1. The lowest BCUT2D eigenvalue weighted by molar-refractivity contribution is -0.111. The average Bonchev–Trinajstić information content (AvgIpc) is 2.54. The van der Waals surface area contributed by atoms with E-state index in [2.05, 4.69) is 16.9 Å². The molecule has 5 heteroatoms. The van der Waals surface area contributed by atoms with E-state index in [0.717, 1.165) is 22.5 Å². The number of fused-ring (bicyclic) bond motifs is 1. The van der Waals surface area contributed by atoms with E-state index < -0.39 is 11.7 Å². The highest BCUT2D eigenvalue weighted by Gasteiger charge is 2.07. The average molecular weight is 307 g/mol. The number of pyridine rings is 1. The highest BCUT2D eigenvalue weighted by atomic mass is 19.1. The molecule has 0 aliphatic heterocycles. The van der Waals surface area contributed by atoms with Gasteiger partial charge in [-0.15, -0.1) is 0 Å². The minimum atomic E-state index is -0.442. The predicted molar refractivity (Wildman–Crippen MR) is 90.4 cm³/mol. The second kappa shape index (κ2) is 5.88. The van der Waals surface area contributed by atoms with Crippen LogP contribution < -0.4 is 11.1 Å². The minimum Gasteiger partial charge on any atom is -0.398 e. The lowest BCUT2D eigenvalue weighted by atomic mass is 10.0. The molecule has 0 radical (unpaired) electrons. The number of aromatic nitrogens is 1. The number of rotatable bonds is 3. The van der Waals surface area contributed by atoms with Crippen LogP contribution in [0.2, 0.25) is 0 Å². The van der Waals surface area contributed by atoms with Crippen molar-refractivity contribution in [1.82, 2.24) is 4.98 Å². The zero-order valence-electron chi connectivity index (χ0n) is 12.2. The Labute approximate surface area is 132 Å². The molecule has 3 aromatic rings. The summed E-state index contributed by atoms with van der Waals surface area (Å²) in [6, 6.07) is 11.6. The van der Waals surface area contributed by atoms with Crippen LogP contribution in [-0.4, -0.2) is 10.9 Å². The third-order valence-electron chi connectivity index (χ3n) is 3.46. The number of hydrogen-bond donors (Lipinski definition) is 2. The molecule has 0 bridgehead atoms. The van der Waals surface area contributed by atoms with Gasteiger partial charge in [-0.3, -0.25) is 9.78 Å². The van der Waals surface area contributed by atoms with Crippen LogP contribution in [0.1, 0.15) is 0 Å². The fourth-order valence-electron chi connectivity index (χ4n) is 2.37. The fourth-order valence-corrected chi connectivity index (χ4v) is 2.37. The first-order chi connectivity index (χ1) is 11.1. The summed E-state index contributed by atoms with van der Waals surface area (Å²) >= 11 is 0. The van der Waals surface area contributed by atoms with E-state index in [4.69, 9.17) is 5.73 Å². The molecule has 0 unspecified atom stereocenters. The molecule has 1 aromatic heterocycles. The first kappa shape index (κ1) is 14.7. The Bertz CT molecular complexity index is 921. The van der Waals surface area contributed by atoms with Crippen molar-refractivity contribution in [3.05, 3.63) is 67.1 Å². The molecule has 1 amide bonds. The molecule has 0 saturated carbocycles. The molecule has 1 heterocycles. The molecule has 0 saturated heterocycles. The number of nitrogens with zero attached hydrogens (tertiary/aromatic N) is 1. The van der Waals surface area contributed by atoms with Crippen LogP contribution in [0.4, 0.5) is 15.8 Å². The van der Waals surface area contributed by atoms with Gasteiger partial charge in [0.2, 0.25) is 5.91 Å². The standard InChI is InChI=1S/C18H14FN3O/c1-2-18(23)22-14-8-12(7-13(19)10-14)11-3-4-15-16(20)5-6-21-17(15)9-11/h2-10H,1H2,(H2,20,21)(H,22,23). The van der Waals surface area contributed by atoms with Gasteiger partial charge in [0.25, 0.3) is 0 Å². The summed E-state index contributed by atoms with van der Waals surface area (Å²) in [5.41, 5.74) is 9.05. The van der Waals surface area contributed by atoms with Crippen LogP contribution in [-0.2, 0) is 4.79 Å². The van der Waals surface area contributed by atoms with Gasteiger partial charge in [0.1, 0.15) is 5.82 Å². The van der Waals surface area contributed by atoms with Gasteiger partial charge in [0.15, 0.2) is 0 Å². The van der Waals surface area contributed by atoms with Gasteiger partial charge >= 0.3 is 0 Å². The number of amides is 1. The van der Waals surface area contributed by atoms with E-state index in [1.165, 1.54) is 12.1 Å². The first-order valence-electron chi connectivity index (χ1n) is 6.95.